The van der Waals surface area contributed by atoms with E-state index in [2.05, 4.69) is 5.32 Å². The van der Waals surface area contributed by atoms with E-state index in [1.54, 1.807) is 0 Å². The Hall–Kier alpha value is -1.35. The van der Waals surface area contributed by atoms with Gasteiger partial charge in [0, 0.05) is 6.92 Å². The Balaban J connectivity index is 2.73. The molecule has 0 bridgehead atoms. The van der Waals surface area contributed by atoms with Gasteiger partial charge in [0.1, 0.15) is 0 Å². The van der Waals surface area contributed by atoms with Crippen molar-refractivity contribution < 1.29 is 9.90 Å². The third kappa shape index (κ3) is 2.87. The summed E-state index contributed by atoms with van der Waals surface area (Å²) < 4.78 is 0. The molecule has 0 aliphatic rings. The fourth-order valence-corrected chi connectivity index (χ4v) is 1.17. The molecule has 0 heterocycles. The minimum atomic E-state index is -0.293. The van der Waals surface area contributed by atoms with E-state index in [0.717, 1.165) is 5.56 Å². The normalized spacial score (nSPS) is 12.2. The third-order valence-electron chi connectivity index (χ3n) is 1.76. The quantitative estimate of drug-likeness (QED) is 0.723. The predicted molar refractivity (Wildman–Crippen MR) is 50.1 cm³/mol. The Kier molecular flexibility index (Phi) is 3.46. The van der Waals surface area contributed by atoms with Gasteiger partial charge in [0.2, 0.25) is 5.91 Å². The van der Waals surface area contributed by atoms with E-state index in [1.165, 1.54) is 6.92 Å². The van der Waals surface area contributed by atoms with Crippen LogP contribution in [-0.2, 0) is 4.79 Å². The van der Waals surface area contributed by atoms with E-state index < -0.39 is 0 Å². The van der Waals surface area contributed by atoms with Gasteiger partial charge in [0.05, 0.1) is 12.6 Å². The molecule has 0 fully saturated rings. The van der Waals surface area contributed by atoms with Gasteiger partial charge in [0.15, 0.2) is 0 Å². The molecule has 1 rings (SSSR count). The fourth-order valence-electron chi connectivity index (χ4n) is 1.17. The molecule has 1 aromatic rings. The van der Waals surface area contributed by atoms with Crippen molar-refractivity contribution >= 4 is 5.91 Å². The summed E-state index contributed by atoms with van der Waals surface area (Å²) in [5, 5.41) is 11.7. The highest BCUT2D eigenvalue weighted by atomic mass is 16.3. The molecule has 0 saturated heterocycles. The Bertz CT molecular complexity index is 272. The van der Waals surface area contributed by atoms with Crippen molar-refractivity contribution in [2.24, 2.45) is 0 Å². The lowest BCUT2D eigenvalue weighted by molar-refractivity contribution is -0.120. The first kappa shape index (κ1) is 9.74. The van der Waals surface area contributed by atoms with Gasteiger partial charge < -0.3 is 10.4 Å². The van der Waals surface area contributed by atoms with Crippen molar-refractivity contribution in [2.75, 3.05) is 6.61 Å². The summed E-state index contributed by atoms with van der Waals surface area (Å²) in [6.45, 7) is 1.36. The van der Waals surface area contributed by atoms with Gasteiger partial charge >= 0.3 is 0 Å². The number of aliphatic hydroxyl groups is 1. The molecule has 0 aromatic heterocycles. The Morgan fingerprint density at radius 1 is 1.46 bits per heavy atom. The van der Waals surface area contributed by atoms with E-state index in [4.69, 9.17) is 5.11 Å². The number of carbonyl (C=O) groups excluding carboxylic acids is 1. The molecule has 13 heavy (non-hydrogen) atoms. The molecular weight excluding hydrogens is 166 g/mol. The van der Waals surface area contributed by atoms with Crippen molar-refractivity contribution in [2.45, 2.75) is 13.0 Å². The van der Waals surface area contributed by atoms with Gasteiger partial charge in [-0.3, -0.25) is 4.79 Å². The topological polar surface area (TPSA) is 49.3 Å². The van der Waals surface area contributed by atoms with Crippen molar-refractivity contribution in [3.63, 3.8) is 0 Å². The Labute approximate surface area is 77.4 Å². The first-order chi connectivity index (χ1) is 6.24. The minimum Gasteiger partial charge on any atom is -0.394 e. The highest BCUT2D eigenvalue weighted by molar-refractivity contribution is 5.73. The van der Waals surface area contributed by atoms with Crippen molar-refractivity contribution in [3.05, 3.63) is 35.9 Å². The van der Waals surface area contributed by atoms with E-state index in [9.17, 15) is 4.79 Å². The summed E-state index contributed by atoms with van der Waals surface area (Å²) in [4.78, 5) is 10.8. The molecular formula is C10H13NO2. The number of hydrogen-bond donors (Lipinski definition) is 2. The summed E-state index contributed by atoms with van der Waals surface area (Å²) in [5.74, 6) is -0.136. The van der Waals surface area contributed by atoms with Crippen LogP contribution in [0, 0.1) is 0 Å². The van der Waals surface area contributed by atoms with Crippen molar-refractivity contribution in [1.82, 2.24) is 5.32 Å². The van der Waals surface area contributed by atoms with Crippen LogP contribution in [0.5, 0.6) is 0 Å². The van der Waals surface area contributed by atoms with Crippen LogP contribution in [0.4, 0.5) is 0 Å². The molecule has 0 aliphatic heterocycles. The van der Waals surface area contributed by atoms with Crippen LogP contribution in [-0.4, -0.2) is 17.6 Å². The molecule has 3 heteroatoms. The maximum atomic E-state index is 10.8. The van der Waals surface area contributed by atoms with Crippen molar-refractivity contribution in [3.8, 4) is 0 Å². The zero-order chi connectivity index (χ0) is 9.68. The lowest BCUT2D eigenvalue weighted by Crippen LogP contribution is -2.28. The minimum absolute atomic E-state index is 0.0798. The van der Waals surface area contributed by atoms with Crippen LogP contribution >= 0.6 is 0 Å². The molecule has 0 aliphatic carbocycles. The van der Waals surface area contributed by atoms with Crippen molar-refractivity contribution in [1.29, 1.82) is 0 Å². The average molecular weight is 179 g/mol. The summed E-state index contributed by atoms with van der Waals surface area (Å²) in [6.07, 6.45) is 0. The largest absolute Gasteiger partial charge is 0.394 e. The first-order valence-corrected chi connectivity index (χ1v) is 4.17. The van der Waals surface area contributed by atoms with Gasteiger partial charge in [0.25, 0.3) is 0 Å². The van der Waals surface area contributed by atoms with Crippen LogP contribution in [0.1, 0.15) is 18.5 Å². The predicted octanol–water partition coefficient (Wildman–Crippen LogP) is 0.856. The molecule has 1 atom stereocenters. The number of nitrogens with one attached hydrogen (secondary N) is 1. The van der Waals surface area contributed by atoms with Gasteiger partial charge in [-0.05, 0) is 5.56 Å². The van der Waals surface area contributed by atoms with Crippen LogP contribution in [0.25, 0.3) is 0 Å². The summed E-state index contributed by atoms with van der Waals surface area (Å²) in [6, 6.07) is 9.10. The highest BCUT2D eigenvalue weighted by Crippen LogP contribution is 2.10. The third-order valence-corrected chi connectivity index (χ3v) is 1.76. The molecule has 70 valence electrons. The van der Waals surface area contributed by atoms with Crippen LogP contribution in [0.2, 0.25) is 0 Å². The molecule has 0 saturated carbocycles. The van der Waals surface area contributed by atoms with Gasteiger partial charge in [-0.15, -0.1) is 0 Å². The second kappa shape index (κ2) is 4.62. The Morgan fingerprint density at radius 2 is 2.08 bits per heavy atom. The molecule has 0 spiro atoms. The standard InChI is InChI=1S/C10H13NO2/c1-8(13)11-10(7-12)9-5-3-2-4-6-9/h2-6,10,12H,7H2,1H3,(H,11,13). The molecule has 3 nitrogen and oxygen atoms in total. The summed E-state index contributed by atoms with van der Waals surface area (Å²) in [5.41, 5.74) is 0.917. The van der Waals surface area contributed by atoms with Crippen LogP contribution in [0.15, 0.2) is 30.3 Å². The molecule has 2 N–H and O–H groups in total. The zero-order valence-corrected chi connectivity index (χ0v) is 7.53. The van der Waals surface area contributed by atoms with Crippen LogP contribution in [0.3, 0.4) is 0 Å². The first-order valence-electron chi connectivity index (χ1n) is 4.17. The maximum absolute atomic E-state index is 10.8. The molecule has 1 aromatic carbocycles. The number of rotatable bonds is 3. The lowest BCUT2D eigenvalue weighted by Gasteiger charge is -2.14. The second-order valence-corrected chi connectivity index (χ2v) is 2.85. The van der Waals surface area contributed by atoms with Crippen LogP contribution < -0.4 is 5.32 Å². The number of carbonyl (C=O) groups is 1. The number of aliphatic hydroxyl groups excluding tert-OH is 1. The Morgan fingerprint density at radius 3 is 2.54 bits per heavy atom. The number of hydrogen-bond acceptors (Lipinski definition) is 2. The summed E-state index contributed by atoms with van der Waals surface area (Å²) >= 11 is 0. The van der Waals surface area contributed by atoms with Gasteiger partial charge in [-0.1, -0.05) is 30.3 Å². The van der Waals surface area contributed by atoms with E-state index in [0.29, 0.717) is 0 Å². The smallest absolute Gasteiger partial charge is 0.217 e. The van der Waals surface area contributed by atoms with Gasteiger partial charge in [-0.25, -0.2) is 0 Å². The maximum Gasteiger partial charge on any atom is 0.217 e. The van der Waals surface area contributed by atoms with Gasteiger partial charge in [-0.2, -0.15) is 0 Å². The van der Waals surface area contributed by atoms with E-state index >= 15 is 0 Å². The molecule has 1 unspecified atom stereocenters. The number of benzene rings is 1. The SMILES string of the molecule is CC(=O)NC(CO)c1ccccc1. The molecule has 0 radical (unpaired) electrons. The molecule has 1 amide bonds. The monoisotopic (exact) mass is 179 g/mol. The lowest BCUT2D eigenvalue weighted by atomic mass is 10.1. The fraction of sp³-hybridized carbons (Fsp3) is 0.300. The second-order valence-electron chi connectivity index (χ2n) is 2.85. The highest BCUT2D eigenvalue weighted by Gasteiger charge is 2.09. The number of amides is 1. The van der Waals surface area contributed by atoms with E-state index in [-0.39, 0.29) is 18.6 Å². The zero-order valence-electron chi connectivity index (χ0n) is 7.53. The summed E-state index contributed by atoms with van der Waals surface area (Å²) in [7, 11) is 0. The average Bonchev–Trinajstić information content (AvgIpc) is 2.15. The van der Waals surface area contributed by atoms with E-state index in [1.807, 2.05) is 30.3 Å².